The first-order valence-electron chi connectivity index (χ1n) is 12.6. The van der Waals surface area contributed by atoms with Crippen LogP contribution in [0.4, 0.5) is 0 Å². The summed E-state index contributed by atoms with van der Waals surface area (Å²) in [5.74, 6) is -0.661. The van der Waals surface area contributed by atoms with E-state index >= 15 is 0 Å². The number of cyclic esters (lactones) is 1. The lowest BCUT2D eigenvalue weighted by Gasteiger charge is -2.61. The summed E-state index contributed by atoms with van der Waals surface area (Å²) in [7, 11) is 0. The molecule has 1 unspecified atom stereocenters. The van der Waals surface area contributed by atoms with Crippen LogP contribution in [-0.4, -0.2) is 41.0 Å². The number of carbonyl (C=O) groups excluding carboxylic acids is 3. The molecule has 3 fully saturated rings. The molecule has 188 valence electrons. The molecule has 0 bridgehead atoms. The number of aliphatic hydroxyl groups excluding tert-OH is 1. The molecule has 0 aromatic heterocycles. The standard InChI is InChI=1S/C27H38O7/c1-16(28)32-19(18-15-22(29)33-24(18)31)9-7-17-8-10-21-26(4)13-6-12-25(2,3)20(26)11-14-27(21,5)34-23(17)30/h7,15,19-21,24,31H,6,8-14H2,1-5H3/b17-7-/t19-,20-,21+,24?,26-,27+/m0/s1. The van der Waals surface area contributed by atoms with Crippen molar-refractivity contribution in [1.29, 1.82) is 0 Å². The molecule has 4 aliphatic rings. The molecule has 0 amide bonds. The van der Waals surface area contributed by atoms with Crippen LogP contribution >= 0.6 is 0 Å². The maximum Gasteiger partial charge on any atom is 0.334 e. The summed E-state index contributed by atoms with van der Waals surface area (Å²) in [6.45, 7) is 10.6. The first kappa shape index (κ1) is 25.0. The Kier molecular flexibility index (Phi) is 6.47. The number of rotatable bonds is 4. The highest BCUT2D eigenvalue weighted by Crippen LogP contribution is 2.64. The van der Waals surface area contributed by atoms with Crippen LogP contribution in [0.1, 0.15) is 86.0 Å². The molecule has 0 radical (unpaired) electrons. The molecule has 0 spiro atoms. The van der Waals surface area contributed by atoms with E-state index in [4.69, 9.17) is 14.2 Å². The van der Waals surface area contributed by atoms with Gasteiger partial charge in [-0.1, -0.05) is 33.3 Å². The second-order valence-electron chi connectivity index (χ2n) is 11.7. The molecule has 6 atom stereocenters. The van der Waals surface area contributed by atoms with Crippen LogP contribution in [-0.2, 0) is 28.6 Å². The molecule has 0 aromatic carbocycles. The molecule has 1 N–H and O–H groups in total. The number of hydrogen-bond acceptors (Lipinski definition) is 7. The van der Waals surface area contributed by atoms with Crippen LogP contribution in [0.3, 0.4) is 0 Å². The van der Waals surface area contributed by atoms with E-state index in [0.29, 0.717) is 17.9 Å². The summed E-state index contributed by atoms with van der Waals surface area (Å²) in [5, 5.41) is 10.0. The maximum absolute atomic E-state index is 13.2. The van der Waals surface area contributed by atoms with Gasteiger partial charge in [0.05, 0.1) is 0 Å². The highest BCUT2D eigenvalue weighted by atomic mass is 16.6. The second-order valence-corrected chi connectivity index (χ2v) is 11.7. The minimum absolute atomic E-state index is 0.126. The van der Waals surface area contributed by atoms with Gasteiger partial charge in [-0.15, -0.1) is 0 Å². The highest BCUT2D eigenvalue weighted by molar-refractivity contribution is 5.89. The van der Waals surface area contributed by atoms with Gasteiger partial charge in [0.2, 0.25) is 6.29 Å². The van der Waals surface area contributed by atoms with Gasteiger partial charge in [-0.05, 0) is 62.2 Å². The van der Waals surface area contributed by atoms with Crippen molar-refractivity contribution in [1.82, 2.24) is 0 Å². The van der Waals surface area contributed by atoms with Crippen molar-refractivity contribution in [3.8, 4) is 0 Å². The predicted octanol–water partition coefficient (Wildman–Crippen LogP) is 4.37. The number of ether oxygens (including phenoxy) is 3. The van der Waals surface area contributed by atoms with Gasteiger partial charge >= 0.3 is 17.9 Å². The van der Waals surface area contributed by atoms with Crippen LogP contribution in [0.2, 0.25) is 0 Å². The number of hydrogen-bond donors (Lipinski definition) is 1. The van der Waals surface area contributed by atoms with Crippen molar-refractivity contribution < 1.29 is 33.7 Å². The molecule has 34 heavy (non-hydrogen) atoms. The summed E-state index contributed by atoms with van der Waals surface area (Å²) < 4.78 is 16.3. The van der Waals surface area contributed by atoms with Crippen molar-refractivity contribution in [2.24, 2.45) is 22.7 Å². The third-order valence-electron chi connectivity index (χ3n) is 9.08. The normalized spacial score (nSPS) is 39.2. The summed E-state index contributed by atoms with van der Waals surface area (Å²) in [5.41, 5.74) is 0.658. The monoisotopic (exact) mass is 474 g/mol. The predicted molar refractivity (Wildman–Crippen MR) is 124 cm³/mol. The van der Waals surface area contributed by atoms with Crippen LogP contribution in [0.5, 0.6) is 0 Å². The lowest BCUT2D eigenvalue weighted by atomic mass is 9.45. The Morgan fingerprint density at radius 2 is 1.91 bits per heavy atom. The molecular weight excluding hydrogens is 436 g/mol. The van der Waals surface area contributed by atoms with E-state index in [0.717, 1.165) is 31.8 Å². The smallest absolute Gasteiger partial charge is 0.334 e. The van der Waals surface area contributed by atoms with Crippen molar-refractivity contribution in [2.45, 2.75) is 104 Å². The zero-order valence-electron chi connectivity index (χ0n) is 21.0. The van der Waals surface area contributed by atoms with E-state index in [-0.39, 0.29) is 34.7 Å². The summed E-state index contributed by atoms with van der Waals surface area (Å²) in [6, 6.07) is 0. The van der Waals surface area contributed by atoms with Crippen LogP contribution in [0.25, 0.3) is 0 Å². The number of aliphatic hydroxyl groups is 1. The molecule has 4 rings (SSSR count). The zero-order valence-corrected chi connectivity index (χ0v) is 21.0. The fraction of sp³-hybridized carbons (Fsp3) is 0.741. The summed E-state index contributed by atoms with van der Waals surface area (Å²) in [4.78, 5) is 36.4. The molecule has 1 saturated heterocycles. The van der Waals surface area contributed by atoms with Crippen molar-refractivity contribution in [3.05, 3.63) is 23.3 Å². The summed E-state index contributed by atoms with van der Waals surface area (Å²) >= 11 is 0. The lowest BCUT2D eigenvalue weighted by molar-refractivity contribution is -0.193. The van der Waals surface area contributed by atoms with Gasteiger partial charge in [-0.2, -0.15) is 0 Å². The van der Waals surface area contributed by atoms with Gasteiger partial charge in [-0.25, -0.2) is 9.59 Å². The number of fused-ring (bicyclic) bond motifs is 3. The molecule has 2 saturated carbocycles. The van der Waals surface area contributed by atoms with Gasteiger partial charge < -0.3 is 19.3 Å². The van der Waals surface area contributed by atoms with Gasteiger partial charge in [0.25, 0.3) is 0 Å². The van der Waals surface area contributed by atoms with Crippen molar-refractivity contribution in [3.63, 3.8) is 0 Å². The maximum atomic E-state index is 13.2. The number of esters is 3. The number of carbonyl (C=O) groups is 3. The largest absolute Gasteiger partial charge is 0.457 e. The van der Waals surface area contributed by atoms with E-state index in [1.165, 1.54) is 19.8 Å². The van der Waals surface area contributed by atoms with Crippen LogP contribution in [0, 0.1) is 22.7 Å². The SMILES string of the molecule is CC(=O)O[C@@H](C/C=C1/CC[C@@H]2[C@@]3(C)CCCC(C)(C)[C@@H]3CC[C@@]2(C)OC1=O)C1=CC(=O)OC1O. The van der Waals surface area contributed by atoms with E-state index < -0.39 is 29.9 Å². The average molecular weight is 475 g/mol. The molecule has 0 aromatic rings. The Morgan fingerprint density at radius 3 is 2.56 bits per heavy atom. The Hall–Kier alpha value is -2.15. The fourth-order valence-electron chi connectivity index (χ4n) is 7.60. The zero-order chi connectivity index (χ0) is 24.9. The Morgan fingerprint density at radius 1 is 1.18 bits per heavy atom. The molecule has 2 aliphatic carbocycles. The van der Waals surface area contributed by atoms with E-state index in [1.807, 2.05) is 0 Å². The minimum atomic E-state index is -1.45. The van der Waals surface area contributed by atoms with Gasteiger partial charge in [0.15, 0.2) is 0 Å². The van der Waals surface area contributed by atoms with E-state index in [9.17, 15) is 19.5 Å². The molecular formula is C27H38O7. The van der Waals surface area contributed by atoms with Gasteiger partial charge in [-0.3, -0.25) is 4.79 Å². The first-order chi connectivity index (χ1) is 15.9. The first-order valence-corrected chi connectivity index (χ1v) is 12.6. The average Bonchev–Trinajstić information content (AvgIpc) is 2.97. The molecule has 2 heterocycles. The molecule has 7 nitrogen and oxygen atoms in total. The van der Waals surface area contributed by atoms with E-state index in [1.54, 1.807) is 6.08 Å². The fourth-order valence-corrected chi connectivity index (χ4v) is 7.60. The topological polar surface area (TPSA) is 99.1 Å². The van der Waals surface area contributed by atoms with Crippen molar-refractivity contribution >= 4 is 17.9 Å². The van der Waals surface area contributed by atoms with Gasteiger partial charge in [0, 0.05) is 36.5 Å². The Balaban J connectivity index is 1.57. The summed E-state index contributed by atoms with van der Waals surface area (Å²) in [6.07, 6.45) is 7.68. The Bertz CT molecular complexity index is 931. The molecule has 7 heteroatoms. The highest BCUT2D eigenvalue weighted by Gasteiger charge is 2.60. The van der Waals surface area contributed by atoms with Crippen LogP contribution in [0.15, 0.2) is 23.3 Å². The quantitative estimate of drug-likeness (QED) is 0.367. The third-order valence-corrected chi connectivity index (χ3v) is 9.08. The van der Waals surface area contributed by atoms with Crippen molar-refractivity contribution in [2.75, 3.05) is 0 Å². The Labute approximate surface area is 201 Å². The second kappa shape index (κ2) is 8.81. The third kappa shape index (κ3) is 4.43. The molecule has 2 aliphatic heterocycles. The minimum Gasteiger partial charge on any atom is -0.457 e. The lowest BCUT2D eigenvalue weighted by Crippen LogP contribution is -2.58. The van der Waals surface area contributed by atoms with E-state index in [2.05, 4.69) is 27.7 Å². The van der Waals surface area contributed by atoms with Crippen LogP contribution < -0.4 is 0 Å². The van der Waals surface area contributed by atoms with Gasteiger partial charge in [0.1, 0.15) is 11.7 Å².